The van der Waals surface area contributed by atoms with E-state index in [4.69, 9.17) is 0 Å². The van der Waals surface area contributed by atoms with E-state index < -0.39 is 0 Å². The Balaban J connectivity index is 1.41. The molecular weight excluding hydrogens is 452 g/mol. The Bertz CT molecular complexity index is 1380. The average molecular weight is 470 g/mol. The van der Waals surface area contributed by atoms with E-state index in [1.807, 2.05) is 5.38 Å². The number of halogens is 2. The largest absolute Gasteiger partial charge is 0.348 e. The van der Waals surface area contributed by atoms with Gasteiger partial charge in [0.15, 0.2) is 0 Å². The lowest BCUT2D eigenvalue weighted by molar-refractivity contribution is -0.122. The van der Waals surface area contributed by atoms with Crippen molar-refractivity contribution in [2.75, 3.05) is 5.75 Å². The van der Waals surface area contributed by atoms with Crippen LogP contribution >= 0.6 is 23.1 Å². The molecule has 1 atom stereocenters. The minimum atomic E-state index is -0.358. The highest BCUT2D eigenvalue weighted by molar-refractivity contribution is 7.99. The molecule has 162 valence electrons. The smallest absolute Gasteiger partial charge is 0.263 e. The van der Waals surface area contributed by atoms with Gasteiger partial charge < -0.3 is 5.32 Å². The Kier molecular flexibility index (Phi) is 5.52. The number of hydrogen-bond acceptors (Lipinski definition) is 5. The van der Waals surface area contributed by atoms with Crippen LogP contribution in [-0.2, 0) is 11.3 Å². The van der Waals surface area contributed by atoms with E-state index in [1.165, 1.54) is 46.5 Å². The second-order valence-corrected chi connectivity index (χ2v) is 9.45. The molecule has 0 saturated heterocycles. The number of aromatic nitrogens is 2. The zero-order chi connectivity index (χ0) is 22.2. The number of thiophene rings is 1. The molecule has 1 N–H and O–H groups in total. The maximum absolute atomic E-state index is 13.7. The lowest BCUT2D eigenvalue weighted by atomic mass is 10.0. The van der Waals surface area contributed by atoms with Crippen LogP contribution in [0.1, 0.15) is 18.0 Å². The fourth-order valence-corrected chi connectivity index (χ4v) is 5.84. The zero-order valence-electron chi connectivity index (χ0n) is 16.7. The highest BCUT2D eigenvalue weighted by Gasteiger charge is 2.23. The van der Waals surface area contributed by atoms with Crippen molar-refractivity contribution in [1.29, 1.82) is 0 Å². The number of hydrogen-bond donors (Lipinski definition) is 1. The molecule has 0 spiro atoms. The van der Waals surface area contributed by atoms with Gasteiger partial charge in [0.25, 0.3) is 5.56 Å². The summed E-state index contributed by atoms with van der Waals surface area (Å²) in [7, 11) is 0. The van der Waals surface area contributed by atoms with Crippen LogP contribution in [0.5, 0.6) is 0 Å². The number of thioether (sulfide) groups is 1. The number of benzene rings is 2. The standard InChI is InChI=1S/C23H17F2N3O2S2/c24-14-3-1-13(2-4-14)17-11-32-22-21(17)23(30)28(12-26-22)10-20(29)27-18-7-8-31-19-6-5-15(25)9-16(18)19/h1-6,9,11-12,18H,7-8,10H2,(H,27,29)/t18-/m1/s1. The average Bonchev–Trinajstić information content (AvgIpc) is 3.21. The van der Waals surface area contributed by atoms with Crippen molar-refractivity contribution >= 4 is 39.2 Å². The van der Waals surface area contributed by atoms with E-state index in [0.717, 1.165) is 16.2 Å². The molecule has 1 amide bonds. The van der Waals surface area contributed by atoms with Crippen LogP contribution in [0.2, 0.25) is 0 Å². The summed E-state index contributed by atoms with van der Waals surface area (Å²) in [5.41, 5.74) is 1.78. The van der Waals surface area contributed by atoms with E-state index >= 15 is 0 Å². The van der Waals surface area contributed by atoms with E-state index in [1.54, 1.807) is 30.0 Å². The molecule has 3 heterocycles. The van der Waals surface area contributed by atoms with Gasteiger partial charge in [0.05, 0.1) is 17.8 Å². The lowest BCUT2D eigenvalue weighted by Crippen LogP contribution is -2.36. The number of nitrogens with one attached hydrogen (secondary N) is 1. The summed E-state index contributed by atoms with van der Waals surface area (Å²) < 4.78 is 28.3. The van der Waals surface area contributed by atoms with Crippen molar-refractivity contribution < 1.29 is 13.6 Å². The molecule has 0 saturated carbocycles. The highest BCUT2D eigenvalue weighted by atomic mass is 32.2. The first-order valence-electron chi connectivity index (χ1n) is 9.94. The fourth-order valence-electron chi connectivity index (χ4n) is 3.83. The predicted molar refractivity (Wildman–Crippen MR) is 122 cm³/mol. The molecule has 32 heavy (non-hydrogen) atoms. The molecule has 4 aromatic rings. The lowest BCUT2D eigenvalue weighted by Gasteiger charge is -2.26. The third kappa shape index (κ3) is 3.93. The van der Waals surface area contributed by atoms with Crippen LogP contribution in [0, 0.1) is 11.6 Å². The van der Waals surface area contributed by atoms with Gasteiger partial charge >= 0.3 is 0 Å². The van der Waals surface area contributed by atoms with Crippen molar-refractivity contribution in [3.63, 3.8) is 0 Å². The molecule has 5 rings (SSSR count). The minimum absolute atomic E-state index is 0.200. The van der Waals surface area contributed by atoms with Gasteiger partial charge in [0.2, 0.25) is 5.91 Å². The molecule has 0 unspecified atom stereocenters. The summed E-state index contributed by atoms with van der Waals surface area (Å²) in [6, 6.07) is 10.2. The van der Waals surface area contributed by atoms with E-state index in [-0.39, 0.29) is 35.7 Å². The molecule has 2 aromatic carbocycles. The van der Waals surface area contributed by atoms with Crippen LogP contribution in [-0.4, -0.2) is 21.2 Å². The molecule has 1 aliphatic rings. The molecule has 0 aliphatic carbocycles. The second-order valence-electron chi connectivity index (χ2n) is 7.45. The van der Waals surface area contributed by atoms with Crippen molar-refractivity contribution in [1.82, 2.24) is 14.9 Å². The Morgan fingerprint density at radius 3 is 2.75 bits per heavy atom. The molecule has 9 heteroatoms. The Labute approximate surface area is 190 Å². The first-order chi connectivity index (χ1) is 15.5. The van der Waals surface area contributed by atoms with Crippen LogP contribution < -0.4 is 10.9 Å². The summed E-state index contributed by atoms with van der Waals surface area (Å²) in [5, 5.41) is 5.14. The minimum Gasteiger partial charge on any atom is -0.348 e. The van der Waals surface area contributed by atoms with Crippen LogP contribution in [0.25, 0.3) is 21.3 Å². The van der Waals surface area contributed by atoms with Gasteiger partial charge in [-0.1, -0.05) is 12.1 Å². The molecule has 0 radical (unpaired) electrons. The molecule has 1 aliphatic heterocycles. The predicted octanol–water partition coefficient (Wildman–Crippen LogP) is 4.76. The van der Waals surface area contributed by atoms with Gasteiger partial charge in [-0.15, -0.1) is 23.1 Å². The van der Waals surface area contributed by atoms with Crippen molar-refractivity contribution in [3.05, 3.63) is 81.7 Å². The summed E-state index contributed by atoms with van der Waals surface area (Å²) in [6.07, 6.45) is 2.04. The van der Waals surface area contributed by atoms with Crippen LogP contribution in [0.4, 0.5) is 8.78 Å². The molecular formula is C23H17F2N3O2S2. The first kappa shape index (κ1) is 20.8. The zero-order valence-corrected chi connectivity index (χ0v) is 18.3. The Hall–Kier alpha value is -3.04. The summed E-state index contributed by atoms with van der Waals surface area (Å²) in [6.45, 7) is -0.200. The van der Waals surface area contributed by atoms with Crippen molar-refractivity contribution in [2.24, 2.45) is 0 Å². The van der Waals surface area contributed by atoms with E-state index in [2.05, 4.69) is 10.3 Å². The van der Waals surface area contributed by atoms with E-state index in [9.17, 15) is 18.4 Å². The topological polar surface area (TPSA) is 64.0 Å². The quantitative estimate of drug-likeness (QED) is 0.468. The molecule has 0 fully saturated rings. The van der Waals surface area contributed by atoms with Gasteiger partial charge in [0.1, 0.15) is 23.0 Å². The number of rotatable bonds is 4. The normalized spacial score (nSPS) is 15.5. The Morgan fingerprint density at radius 1 is 1.16 bits per heavy atom. The van der Waals surface area contributed by atoms with Gasteiger partial charge in [-0.3, -0.25) is 14.2 Å². The second kappa shape index (κ2) is 8.48. The SMILES string of the molecule is O=C(Cn1cnc2scc(-c3ccc(F)cc3)c2c1=O)N[C@@H]1CCSc2ccc(F)cc21. The van der Waals surface area contributed by atoms with Gasteiger partial charge in [-0.05, 0) is 47.9 Å². The fraction of sp³-hybridized carbons (Fsp3) is 0.174. The summed E-state index contributed by atoms with van der Waals surface area (Å²) in [4.78, 5) is 31.7. The van der Waals surface area contributed by atoms with Gasteiger partial charge in [-0.2, -0.15) is 0 Å². The van der Waals surface area contributed by atoms with Crippen molar-refractivity contribution in [2.45, 2.75) is 23.9 Å². The Morgan fingerprint density at radius 2 is 1.94 bits per heavy atom. The number of amides is 1. The van der Waals surface area contributed by atoms with Crippen LogP contribution in [0.3, 0.4) is 0 Å². The van der Waals surface area contributed by atoms with Gasteiger partial charge in [-0.25, -0.2) is 13.8 Å². The van der Waals surface area contributed by atoms with Crippen molar-refractivity contribution in [3.8, 4) is 11.1 Å². The maximum atomic E-state index is 13.7. The number of carbonyl (C=O) groups excluding carboxylic acids is 1. The van der Waals surface area contributed by atoms with E-state index in [0.29, 0.717) is 27.8 Å². The van der Waals surface area contributed by atoms with Gasteiger partial charge in [0, 0.05) is 21.6 Å². The summed E-state index contributed by atoms with van der Waals surface area (Å²) in [5.74, 6) is -0.239. The third-order valence-electron chi connectivity index (χ3n) is 5.38. The monoisotopic (exact) mass is 469 g/mol. The molecule has 5 nitrogen and oxygen atoms in total. The number of carbonyl (C=O) groups is 1. The first-order valence-corrected chi connectivity index (χ1v) is 11.8. The molecule has 0 bridgehead atoms. The third-order valence-corrected chi connectivity index (χ3v) is 7.39. The maximum Gasteiger partial charge on any atom is 0.263 e. The number of fused-ring (bicyclic) bond motifs is 2. The molecule has 2 aromatic heterocycles. The summed E-state index contributed by atoms with van der Waals surface area (Å²) >= 11 is 2.95. The number of nitrogens with zero attached hydrogens (tertiary/aromatic N) is 2. The highest BCUT2D eigenvalue weighted by Crippen LogP contribution is 2.36. The van der Waals surface area contributed by atoms with Crippen LogP contribution in [0.15, 0.2) is 63.9 Å².